The van der Waals surface area contributed by atoms with E-state index in [0.717, 1.165) is 11.1 Å². The molecule has 0 amide bonds. The van der Waals surface area contributed by atoms with Gasteiger partial charge in [-0.15, -0.1) is 0 Å². The molecule has 0 aliphatic rings. The topological polar surface area (TPSA) is 64.2 Å². The van der Waals surface area contributed by atoms with Gasteiger partial charge in [0, 0.05) is 30.4 Å². The largest absolute Gasteiger partial charge is 0.383 e. The van der Waals surface area contributed by atoms with Crippen LogP contribution in [-0.2, 0) is 6.54 Å². The normalized spacial score (nSPS) is 11.4. The van der Waals surface area contributed by atoms with Crippen molar-refractivity contribution in [2.75, 3.05) is 0 Å². The Labute approximate surface area is 93.9 Å². The van der Waals surface area contributed by atoms with Crippen molar-refractivity contribution in [2.45, 2.75) is 6.54 Å². The summed E-state index contributed by atoms with van der Waals surface area (Å²) in [5, 5.41) is 0. The van der Waals surface area contributed by atoms with Crippen molar-refractivity contribution in [3.8, 4) is 0 Å². The van der Waals surface area contributed by atoms with Gasteiger partial charge in [-0.2, -0.15) is 0 Å². The molecule has 80 valence electrons. The molecule has 2 aromatic heterocycles. The fraction of sp³-hybridized carbons (Fsp3) is 0.0833. The predicted molar refractivity (Wildman–Crippen MR) is 62.9 cm³/mol. The number of hydrogen-bond acceptors (Lipinski definition) is 3. The van der Waals surface area contributed by atoms with Crippen LogP contribution in [0.4, 0.5) is 0 Å². The van der Waals surface area contributed by atoms with E-state index in [1.54, 1.807) is 24.8 Å². The molecule has 0 radical (unpaired) electrons. The predicted octanol–water partition coefficient (Wildman–Crippen LogP) is 1.38. The first kappa shape index (κ1) is 10.3. The number of nitrogens with zero attached hydrogens (tertiary/aromatic N) is 3. The molecule has 4 heteroatoms. The van der Waals surface area contributed by atoms with E-state index in [4.69, 9.17) is 5.73 Å². The summed E-state index contributed by atoms with van der Waals surface area (Å²) in [6, 6.07) is 7.52. The lowest BCUT2D eigenvalue weighted by Gasteiger charge is -2.00. The molecule has 0 spiro atoms. The standard InChI is InChI=1S/C12H12N4/c13-12(11-3-6-14-7-4-11)16-9-10-2-1-5-15-8-10/h1-8H,9H2,(H2,13,16). The maximum atomic E-state index is 5.84. The van der Waals surface area contributed by atoms with E-state index < -0.39 is 0 Å². The van der Waals surface area contributed by atoms with Crippen molar-refractivity contribution < 1.29 is 0 Å². The molecule has 0 unspecified atom stereocenters. The summed E-state index contributed by atoms with van der Waals surface area (Å²) in [6.45, 7) is 0.544. The van der Waals surface area contributed by atoms with Crippen molar-refractivity contribution >= 4 is 5.84 Å². The zero-order valence-electron chi connectivity index (χ0n) is 8.74. The Morgan fingerprint density at radius 1 is 1.12 bits per heavy atom. The minimum Gasteiger partial charge on any atom is -0.383 e. The monoisotopic (exact) mass is 212 g/mol. The number of nitrogens with two attached hydrogens (primary N) is 1. The molecule has 0 saturated carbocycles. The molecule has 0 fully saturated rings. The molecule has 2 aromatic rings. The van der Waals surface area contributed by atoms with Gasteiger partial charge >= 0.3 is 0 Å². The van der Waals surface area contributed by atoms with Crippen LogP contribution < -0.4 is 5.73 Å². The highest BCUT2D eigenvalue weighted by molar-refractivity contribution is 5.97. The van der Waals surface area contributed by atoms with Crippen LogP contribution in [0.15, 0.2) is 54.0 Å². The highest BCUT2D eigenvalue weighted by atomic mass is 14.9. The average Bonchev–Trinajstić information content (AvgIpc) is 2.38. The Balaban J connectivity index is 2.09. The van der Waals surface area contributed by atoms with Crippen LogP contribution in [0.3, 0.4) is 0 Å². The second-order valence-electron chi connectivity index (χ2n) is 3.30. The third kappa shape index (κ3) is 2.63. The Hall–Kier alpha value is -2.23. The molecule has 0 aliphatic heterocycles. The smallest absolute Gasteiger partial charge is 0.126 e. The first-order valence-corrected chi connectivity index (χ1v) is 4.95. The van der Waals surface area contributed by atoms with Gasteiger partial charge in [0.1, 0.15) is 5.84 Å². The van der Waals surface area contributed by atoms with Gasteiger partial charge in [0.25, 0.3) is 0 Å². The highest BCUT2D eigenvalue weighted by Crippen LogP contribution is 2.00. The van der Waals surface area contributed by atoms with Crippen LogP contribution in [0, 0.1) is 0 Å². The number of amidine groups is 1. The van der Waals surface area contributed by atoms with E-state index in [9.17, 15) is 0 Å². The number of hydrogen-bond donors (Lipinski definition) is 1. The summed E-state index contributed by atoms with van der Waals surface area (Å²) in [5.41, 5.74) is 7.77. The Morgan fingerprint density at radius 2 is 1.94 bits per heavy atom. The first-order valence-electron chi connectivity index (χ1n) is 4.95. The molecule has 2 N–H and O–H groups in total. The molecule has 2 heterocycles. The lowest BCUT2D eigenvalue weighted by Crippen LogP contribution is -2.13. The number of aliphatic imine (C=N–C) groups is 1. The second-order valence-corrected chi connectivity index (χ2v) is 3.30. The third-order valence-electron chi connectivity index (χ3n) is 2.13. The molecule has 0 saturated heterocycles. The number of rotatable bonds is 3. The minimum absolute atomic E-state index is 0.520. The van der Waals surface area contributed by atoms with Gasteiger partial charge in [-0.1, -0.05) is 6.07 Å². The average molecular weight is 212 g/mol. The van der Waals surface area contributed by atoms with Crippen LogP contribution in [0.1, 0.15) is 11.1 Å². The van der Waals surface area contributed by atoms with Crippen LogP contribution >= 0.6 is 0 Å². The third-order valence-corrected chi connectivity index (χ3v) is 2.13. The van der Waals surface area contributed by atoms with Gasteiger partial charge in [-0.3, -0.25) is 15.0 Å². The SMILES string of the molecule is NC(=NCc1cccnc1)c1ccncc1. The molecule has 0 aromatic carbocycles. The second kappa shape index (κ2) is 5.02. The van der Waals surface area contributed by atoms with Crippen molar-refractivity contribution in [2.24, 2.45) is 10.7 Å². The van der Waals surface area contributed by atoms with Gasteiger partial charge in [-0.25, -0.2) is 0 Å². The van der Waals surface area contributed by atoms with E-state index in [2.05, 4.69) is 15.0 Å². The Morgan fingerprint density at radius 3 is 2.62 bits per heavy atom. The van der Waals surface area contributed by atoms with Crippen LogP contribution in [0.5, 0.6) is 0 Å². The first-order chi connectivity index (χ1) is 7.86. The molecule has 0 atom stereocenters. The lowest BCUT2D eigenvalue weighted by molar-refractivity contribution is 1.04. The molecule has 0 bridgehead atoms. The maximum absolute atomic E-state index is 5.84. The summed E-state index contributed by atoms with van der Waals surface area (Å²) in [6.07, 6.45) is 6.91. The Kier molecular flexibility index (Phi) is 3.23. The number of aromatic nitrogens is 2. The molecule has 2 rings (SSSR count). The van der Waals surface area contributed by atoms with E-state index >= 15 is 0 Å². The fourth-order valence-corrected chi connectivity index (χ4v) is 1.28. The van der Waals surface area contributed by atoms with Crippen LogP contribution in [0.25, 0.3) is 0 Å². The molecule has 4 nitrogen and oxygen atoms in total. The molecular weight excluding hydrogens is 200 g/mol. The lowest BCUT2D eigenvalue weighted by atomic mass is 10.2. The summed E-state index contributed by atoms with van der Waals surface area (Å²) >= 11 is 0. The number of pyridine rings is 2. The summed E-state index contributed by atoms with van der Waals surface area (Å²) in [4.78, 5) is 12.2. The molecule has 16 heavy (non-hydrogen) atoms. The van der Waals surface area contributed by atoms with E-state index in [0.29, 0.717) is 12.4 Å². The van der Waals surface area contributed by atoms with Gasteiger partial charge in [0.15, 0.2) is 0 Å². The molecule has 0 aliphatic carbocycles. The van der Waals surface area contributed by atoms with E-state index in [1.165, 1.54) is 0 Å². The van der Waals surface area contributed by atoms with Crippen molar-refractivity contribution in [1.29, 1.82) is 0 Å². The van der Waals surface area contributed by atoms with Crippen molar-refractivity contribution in [1.82, 2.24) is 9.97 Å². The van der Waals surface area contributed by atoms with Gasteiger partial charge in [0.2, 0.25) is 0 Å². The van der Waals surface area contributed by atoms with E-state index in [1.807, 2.05) is 24.3 Å². The summed E-state index contributed by atoms with van der Waals surface area (Å²) < 4.78 is 0. The quantitative estimate of drug-likeness (QED) is 0.617. The molecular formula is C12H12N4. The fourth-order valence-electron chi connectivity index (χ4n) is 1.28. The maximum Gasteiger partial charge on any atom is 0.126 e. The van der Waals surface area contributed by atoms with Gasteiger partial charge < -0.3 is 5.73 Å². The van der Waals surface area contributed by atoms with Crippen LogP contribution in [0.2, 0.25) is 0 Å². The van der Waals surface area contributed by atoms with Crippen molar-refractivity contribution in [3.63, 3.8) is 0 Å². The van der Waals surface area contributed by atoms with E-state index in [-0.39, 0.29) is 0 Å². The van der Waals surface area contributed by atoms with Gasteiger partial charge in [0.05, 0.1) is 6.54 Å². The van der Waals surface area contributed by atoms with Crippen molar-refractivity contribution in [3.05, 3.63) is 60.2 Å². The summed E-state index contributed by atoms with van der Waals surface area (Å²) in [5.74, 6) is 0.520. The zero-order chi connectivity index (χ0) is 11.2. The zero-order valence-corrected chi connectivity index (χ0v) is 8.74. The highest BCUT2D eigenvalue weighted by Gasteiger charge is 1.96. The van der Waals surface area contributed by atoms with Gasteiger partial charge in [-0.05, 0) is 23.8 Å². The Bertz CT molecular complexity index is 465. The summed E-state index contributed by atoms with van der Waals surface area (Å²) in [7, 11) is 0. The minimum atomic E-state index is 0.520. The van der Waals surface area contributed by atoms with Crippen LogP contribution in [-0.4, -0.2) is 15.8 Å².